The van der Waals surface area contributed by atoms with Crippen LogP contribution in [0, 0.1) is 6.92 Å². The quantitative estimate of drug-likeness (QED) is 0.792. The lowest BCUT2D eigenvalue weighted by Gasteiger charge is -2.06. The van der Waals surface area contributed by atoms with Gasteiger partial charge in [-0.15, -0.1) is 0 Å². The molecule has 1 aromatic carbocycles. The minimum atomic E-state index is 0.0242. The SMILES string of the molecule is Cc1ccc(NC(=O)CCC(C)N)cc1. The fraction of sp³-hybridized carbons (Fsp3) is 0.417. The van der Waals surface area contributed by atoms with Crippen LogP contribution in [0.1, 0.15) is 25.3 Å². The molecule has 0 saturated heterocycles. The summed E-state index contributed by atoms with van der Waals surface area (Å²) in [5, 5.41) is 2.83. The molecule has 3 heteroatoms. The van der Waals surface area contributed by atoms with Crippen molar-refractivity contribution in [3.05, 3.63) is 29.8 Å². The zero-order valence-corrected chi connectivity index (χ0v) is 9.29. The Labute approximate surface area is 90.7 Å². The Morgan fingerprint density at radius 2 is 2.00 bits per heavy atom. The number of aryl methyl sites for hydroxylation is 1. The van der Waals surface area contributed by atoms with Gasteiger partial charge in [0.25, 0.3) is 0 Å². The summed E-state index contributed by atoms with van der Waals surface area (Å²) in [7, 11) is 0. The summed E-state index contributed by atoms with van der Waals surface area (Å²) < 4.78 is 0. The van der Waals surface area contributed by atoms with Crippen molar-refractivity contribution in [2.24, 2.45) is 5.73 Å². The van der Waals surface area contributed by atoms with Gasteiger partial charge in [0.1, 0.15) is 0 Å². The number of rotatable bonds is 4. The van der Waals surface area contributed by atoms with Crippen molar-refractivity contribution in [3.63, 3.8) is 0 Å². The Balaban J connectivity index is 2.41. The number of hydrogen-bond acceptors (Lipinski definition) is 2. The van der Waals surface area contributed by atoms with Crippen LogP contribution in [0.3, 0.4) is 0 Å². The first kappa shape index (κ1) is 11.7. The van der Waals surface area contributed by atoms with Crippen LogP contribution in [0.15, 0.2) is 24.3 Å². The maximum Gasteiger partial charge on any atom is 0.224 e. The van der Waals surface area contributed by atoms with E-state index in [4.69, 9.17) is 5.73 Å². The number of carbonyl (C=O) groups is 1. The Kier molecular flexibility index (Phi) is 4.31. The van der Waals surface area contributed by atoms with Crippen molar-refractivity contribution >= 4 is 11.6 Å². The van der Waals surface area contributed by atoms with Crippen LogP contribution >= 0.6 is 0 Å². The summed E-state index contributed by atoms with van der Waals surface area (Å²) in [6.45, 7) is 3.92. The molecule has 0 saturated carbocycles. The predicted molar refractivity (Wildman–Crippen MR) is 62.7 cm³/mol. The molecular weight excluding hydrogens is 188 g/mol. The second-order valence-corrected chi connectivity index (χ2v) is 3.93. The van der Waals surface area contributed by atoms with Crippen LogP contribution in [0.25, 0.3) is 0 Å². The molecule has 1 rings (SSSR count). The fourth-order valence-corrected chi connectivity index (χ4v) is 1.22. The van der Waals surface area contributed by atoms with E-state index in [2.05, 4.69) is 5.32 Å². The lowest BCUT2D eigenvalue weighted by Crippen LogP contribution is -2.19. The minimum absolute atomic E-state index is 0.0242. The highest BCUT2D eigenvalue weighted by atomic mass is 16.1. The summed E-state index contributed by atoms with van der Waals surface area (Å²) in [5.74, 6) is 0.0242. The highest BCUT2D eigenvalue weighted by Gasteiger charge is 2.03. The summed E-state index contributed by atoms with van der Waals surface area (Å²) in [6.07, 6.45) is 1.20. The number of amides is 1. The maximum atomic E-state index is 11.4. The second-order valence-electron chi connectivity index (χ2n) is 3.93. The standard InChI is InChI=1S/C12H18N2O/c1-9-3-6-11(7-4-9)14-12(15)8-5-10(2)13/h3-4,6-7,10H,5,8,13H2,1-2H3,(H,14,15). The molecule has 82 valence electrons. The summed E-state index contributed by atoms with van der Waals surface area (Å²) in [4.78, 5) is 11.4. The fourth-order valence-electron chi connectivity index (χ4n) is 1.22. The van der Waals surface area contributed by atoms with Crippen LogP contribution in [0.2, 0.25) is 0 Å². The van der Waals surface area contributed by atoms with Crippen LogP contribution in [-0.4, -0.2) is 11.9 Å². The number of hydrogen-bond donors (Lipinski definition) is 2. The van der Waals surface area contributed by atoms with Gasteiger partial charge in [-0.05, 0) is 32.4 Å². The Morgan fingerprint density at radius 1 is 1.40 bits per heavy atom. The van der Waals surface area contributed by atoms with Crippen molar-refractivity contribution < 1.29 is 4.79 Å². The predicted octanol–water partition coefficient (Wildman–Crippen LogP) is 2.06. The van der Waals surface area contributed by atoms with E-state index in [0.717, 1.165) is 12.1 Å². The average Bonchev–Trinajstić information content (AvgIpc) is 2.19. The molecule has 0 aromatic heterocycles. The van der Waals surface area contributed by atoms with Crippen LogP contribution < -0.4 is 11.1 Å². The first-order valence-electron chi connectivity index (χ1n) is 5.20. The van der Waals surface area contributed by atoms with Gasteiger partial charge in [-0.2, -0.15) is 0 Å². The third kappa shape index (κ3) is 4.61. The van der Waals surface area contributed by atoms with Gasteiger partial charge in [0, 0.05) is 18.2 Å². The molecule has 0 aliphatic carbocycles. The molecule has 0 bridgehead atoms. The van der Waals surface area contributed by atoms with E-state index < -0.39 is 0 Å². The van der Waals surface area contributed by atoms with E-state index in [-0.39, 0.29) is 11.9 Å². The van der Waals surface area contributed by atoms with Gasteiger partial charge in [0.15, 0.2) is 0 Å². The van der Waals surface area contributed by atoms with Crippen molar-refractivity contribution in [3.8, 4) is 0 Å². The molecule has 0 radical (unpaired) electrons. The van der Waals surface area contributed by atoms with Crippen molar-refractivity contribution in [1.29, 1.82) is 0 Å². The third-order valence-electron chi connectivity index (χ3n) is 2.16. The van der Waals surface area contributed by atoms with Crippen molar-refractivity contribution in [2.45, 2.75) is 32.7 Å². The Hall–Kier alpha value is -1.35. The number of benzene rings is 1. The van der Waals surface area contributed by atoms with Crippen LogP contribution in [0.4, 0.5) is 5.69 Å². The normalized spacial score (nSPS) is 12.2. The zero-order valence-electron chi connectivity index (χ0n) is 9.29. The molecular formula is C12H18N2O. The van der Waals surface area contributed by atoms with E-state index in [0.29, 0.717) is 6.42 Å². The van der Waals surface area contributed by atoms with Crippen LogP contribution in [-0.2, 0) is 4.79 Å². The lowest BCUT2D eigenvalue weighted by atomic mass is 10.2. The van der Waals surface area contributed by atoms with Crippen LogP contribution in [0.5, 0.6) is 0 Å². The minimum Gasteiger partial charge on any atom is -0.328 e. The molecule has 0 heterocycles. The molecule has 3 nitrogen and oxygen atoms in total. The Bertz CT molecular complexity index is 317. The molecule has 1 aromatic rings. The topological polar surface area (TPSA) is 55.1 Å². The number of anilines is 1. The van der Waals surface area contributed by atoms with Gasteiger partial charge >= 0.3 is 0 Å². The van der Waals surface area contributed by atoms with Gasteiger partial charge in [-0.25, -0.2) is 0 Å². The monoisotopic (exact) mass is 206 g/mol. The molecule has 15 heavy (non-hydrogen) atoms. The molecule has 3 N–H and O–H groups in total. The van der Waals surface area contributed by atoms with Crippen molar-refractivity contribution in [1.82, 2.24) is 0 Å². The summed E-state index contributed by atoms with van der Waals surface area (Å²) in [5.41, 5.74) is 7.60. The molecule has 1 amide bonds. The number of nitrogens with two attached hydrogens (primary N) is 1. The van der Waals surface area contributed by atoms with Gasteiger partial charge in [-0.3, -0.25) is 4.79 Å². The molecule has 0 aliphatic heterocycles. The molecule has 1 unspecified atom stereocenters. The van der Waals surface area contributed by atoms with Gasteiger partial charge in [0.2, 0.25) is 5.91 Å². The number of nitrogens with one attached hydrogen (secondary N) is 1. The van der Waals surface area contributed by atoms with E-state index in [1.54, 1.807) is 0 Å². The maximum absolute atomic E-state index is 11.4. The summed E-state index contributed by atoms with van der Waals surface area (Å²) >= 11 is 0. The van der Waals surface area contributed by atoms with Gasteiger partial charge in [-0.1, -0.05) is 17.7 Å². The smallest absolute Gasteiger partial charge is 0.224 e. The van der Waals surface area contributed by atoms with E-state index in [9.17, 15) is 4.79 Å². The van der Waals surface area contributed by atoms with E-state index >= 15 is 0 Å². The molecule has 0 aliphatic rings. The van der Waals surface area contributed by atoms with E-state index in [1.165, 1.54) is 5.56 Å². The van der Waals surface area contributed by atoms with Gasteiger partial charge in [0.05, 0.1) is 0 Å². The third-order valence-corrected chi connectivity index (χ3v) is 2.16. The molecule has 0 fully saturated rings. The first-order chi connectivity index (χ1) is 7.08. The average molecular weight is 206 g/mol. The molecule has 1 atom stereocenters. The largest absolute Gasteiger partial charge is 0.328 e. The van der Waals surface area contributed by atoms with Gasteiger partial charge < -0.3 is 11.1 Å². The Morgan fingerprint density at radius 3 is 2.53 bits per heavy atom. The zero-order chi connectivity index (χ0) is 11.3. The molecule has 0 spiro atoms. The second kappa shape index (κ2) is 5.51. The first-order valence-corrected chi connectivity index (χ1v) is 5.20. The highest BCUT2D eigenvalue weighted by molar-refractivity contribution is 5.90. The summed E-state index contributed by atoms with van der Waals surface area (Å²) in [6, 6.07) is 7.83. The highest BCUT2D eigenvalue weighted by Crippen LogP contribution is 2.09. The lowest BCUT2D eigenvalue weighted by molar-refractivity contribution is -0.116. The number of carbonyl (C=O) groups excluding carboxylic acids is 1. The van der Waals surface area contributed by atoms with Crippen molar-refractivity contribution in [2.75, 3.05) is 5.32 Å². The van der Waals surface area contributed by atoms with E-state index in [1.807, 2.05) is 38.1 Å².